The van der Waals surface area contributed by atoms with Gasteiger partial charge in [0.15, 0.2) is 0 Å². The van der Waals surface area contributed by atoms with Gasteiger partial charge in [-0.2, -0.15) is 0 Å². The predicted molar refractivity (Wildman–Crippen MR) is 62.3 cm³/mol. The smallest absolute Gasteiger partial charge is 0.0219 e. The largest absolute Gasteiger partial charge is 0.327 e. The Morgan fingerprint density at radius 2 is 2.00 bits per heavy atom. The molecule has 0 aromatic carbocycles. The van der Waals surface area contributed by atoms with E-state index in [0.29, 0.717) is 6.04 Å². The fourth-order valence-corrected chi connectivity index (χ4v) is 2.42. The molecule has 2 N–H and O–H groups in total. The van der Waals surface area contributed by atoms with E-state index in [1.165, 1.54) is 25.8 Å². The highest BCUT2D eigenvalue weighted by molar-refractivity contribution is 4.85. The fourth-order valence-electron chi connectivity index (χ4n) is 2.42. The monoisotopic (exact) mass is 198 g/mol. The second-order valence-electron chi connectivity index (χ2n) is 5.00. The Morgan fingerprint density at radius 3 is 2.50 bits per heavy atom. The zero-order valence-electron chi connectivity index (χ0n) is 10.2. The van der Waals surface area contributed by atoms with E-state index in [0.717, 1.165) is 12.0 Å². The Bertz CT molecular complexity index is 168. The van der Waals surface area contributed by atoms with E-state index in [1.54, 1.807) is 0 Å². The highest BCUT2D eigenvalue weighted by atomic mass is 15.2. The summed E-state index contributed by atoms with van der Waals surface area (Å²) in [6, 6.07) is 1.53. The lowest BCUT2D eigenvalue weighted by Gasteiger charge is -2.42. The molecule has 4 atom stereocenters. The van der Waals surface area contributed by atoms with Crippen LogP contribution in [0.2, 0.25) is 0 Å². The summed E-state index contributed by atoms with van der Waals surface area (Å²) in [5.74, 6) is 0.896. The first-order chi connectivity index (χ1) is 6.56. The number of hydrogen-bond donors (Lipinski definition) is 1. The summed E-state index contributed by atoms with van der Waals surface area (Å²) < 4.78 is 0. The zero-order valence-corrected chi connectivity index (χ0v) is 10.2. The van der Waals surface area contributed by atoms with Crippen molar-refractivity contribution in [1.29, 1.82) is 0 Å². The quantitative estimate of drug-likeness (QED) is 0.753. The Morgan fingerprint density at radius 1 is 1.36 bits per heavy atom. The number of nitrogens with zero attached hydrogens (tertiary/aromatic N) is 1. The molecule has 2 nitrogen and oxygen atoms in total. The molecule has 0 bridgehead atoms. The average Bonchev–Trinajstić information content (AvgIpc) is 2.17. The van der Waals surface area contributed by atoms with Gasteiger partial charge in [0.1, 0.15) is 0 Å². The summed E-state index contributed by atoms with van der Waals surface area (Å²) in [6.45, 7) is 10.3. The molecule has 2 unspecified atom stereocenters. The van der Waals surface area contributed by atoms with Crippen LogP contribution in [0.5, 0.6) is 0 Å². The minimum Gasteiger partial charge on any atom is -0.327 e. The summed E-state index contributed by atoms with van der Waals surface area (Å²) in [5.41, 5.74) is 5.97. The van der Waals surface area contributed by atoms with Crippen LogP contribution in [-0.2, 0) is 0 Å². The number of nitrogens with two attached hydrogens (primary N) is 1. The first-order valence-electron chi connectivity index (χ1n) is 6.07. The number of likely N-dealkylation sites (tertiary alicyclic amines) is 1. The lowest BCUT2D eigenvalue weighted by atomic mass is 9.89. The summed E-state index contributed by atoms with van der Waals surface area (Å²) in [5, 5.41) is 0. The van der Waals surface area contributed by atoms with E-state index in [9.17, 15) is 0 Å². The van der Waals surface area contributed by atoms with E-state index < -0.39 is 0 Å². The van der Waals surface area contributed by atoms with Crippen LogP contribution >= 0.6 is 0 Å². The SMILES string of the molecule is CC[C@@H]1CC[C@H](C)N(C(C)C(C)N)C1. The predicted octanol–water partition coefficient (Wildman–Crippen LogP) is 2.23. The van der Waals surface area contributed by atoms with Crippen LogP contribution in [-0.4, -0.2) is 29.6 Å². The highest BCUT2D eigenvalue weighted by Crippen LogP contribution is 2.26. The van der Waals surface area contributed by atoms with Crippen molar-refractivity contribution in [2.75, 3.05) is 6.54 Å². The molecule has 0 aromatic heterocycles. The second-order valence-corrected chi connectivity index (χ2v) is 5.00. The molecular formula is C12H26N2. The van der Waals surface area contributed by atoms with Crippen molar-refractivity contribution in [3.8, 4) is 0 Å². The van der Waals surface area contributed by atoms with Gasteiger partial charge in [0.25, 0.3) is 0 Å². The first kappa shape index (κ1) is 12.0. The topological polar surface area (TPSA) is 29.3 Å². The van der Waals surface area contributed by atoms with Gasteiger partial charge < -0.3 is 5.73 Å². The van der Waals surface area contributed by atoms with Gasteiger partial charge in [0, 0.05) is 24.7 Å². The van der Waals surface area contributed by atoms with Crippen molar-refractivity contribution in [1.82, 2.24) is 4.90 Å². The first-order valence-corrected chi connectivity index (χ1v) is 6.07. The third-order valence-corrected chi connectivity index (χ3v) is 3.89. The molecule has 2 heteroatoms. The molecule has 1 heterocycles. The molecule has 14 heavy (non-hydrogen) atoms. The summed E-state index contributed by atoms with van der Waals surface area (Å²) >= 11 is 0. The Balaban J connectivity index is 2.55. The van der Waals surface area contributed by atoms with Crippen molar-refractivity contribution < 1.29 is 0 Å². The van der Waals surface area contributed by atoms with Gasteiger partial charge in [-0.15, -0.1) is 0 Å². The van der Waals surface area contributed by atoms with Gasteiger partial charge in [-0.1, -0.05) is 13.3 Å². The molecule has 0 aromatic rings. The van der Waals surface area contributed by atoms with Crippen LogP contribution in [0, 0.1) is 5.92 Å². The van der Waals surface area contributed by atoms with Crippen molar-refractivity contribution in [2.45, 2.75) is 65.1 Å². The van der Waals surface area contributed by atoms with Crippen molar-refractivity contribution >= 4 is 0 Å². The molecule has 0 aliphatic carbocycles. The second kappa shape index (κ2) is 5.13. The minimum absolute atomic E-state index is 0.285. The van der Waals surface area contributed by atoms with Crippen molar-refractivity contribution in [2.24, 2.45) is 11.7 Å². The summed E-state index contributed by atoms with van der Waals surface area (Å²) in [6.07, 6.45) is 4.06. The maximum atomic E-state index is 5.97. The van der Waals surface area contributed by atoms with E-state index in [-0.39, 0.29) is 6.04 Å². The van der Waals surface area contributed by atoms with Crippen LogP contribution in [0.1, 0.15) is 47.0 Å². The molecule has 1 aliphatic rings. The molecular weight excluding hydrogens is 172 g/mol. The third kappa shape index (κ3) is 2.71. The summed E-state index contributed by atoms with van der Waals surface area (Å²) in [7, 11) is 0. The van der Waals surface area contributed by atoms with Crippen LogP contribution in [0.3, 0.4) is 0 Å². The number of piperidine rings is 1. The molecule has 1 saturated heterocycles. The molecule has 1 aliphatic heterocycles. The van der Waals surface area contributed by atoms with Crippen LogP contribution in [0.15, 0.2) is 0 Å². The number of rotatable bonds is 3. The standard InChI is InChI=1S/C12H26N2/c1-5-12-7-6-9(2)14(8-12)11(4)10(3)13/h9-12H,5-8,13H2,1-4H3/t9-,10?,11?,12+/m0/s1. The highest BCUT2D eigenvalue weighted by Gasteiger charge is 2.29. The maximum absolute atomic E-state index is 5.97. The van der Waals surface area contributed by atoms with Crippen LogP contribution in [0.4, 0.5) is 0 Å². The Labute approximate surface area is 88.8 Å². The van der Waals surface area contributed by atoms with E-state index >= 15 is 0 Å². The molecule has 0 saturated carbocycles. The lowest BCUT2D eigenvalue weighted by Crippen LogP contribution is -2.52. The molecule has 1 fully saturated rings. The molecule has 84 valence electrons. The van der Waals surface area contributed by atoms with Crippen LogP contribution in [0.25, 0.3) is 0 Å². The van der Waals surface area contributed by atoms with Gasteiger partial charge in [-0.25, -0.2) is 0 Å². The Kier molecular flexibility index (Phi) is 4.39. The van der Waals surface area contributed by atoms with Gasteiger partial charge in [0.2, 0.25) is 0 Å². The molecule has 0 spiro atoms. The van der Waals surface area contributed by atoms with E-state index in [2.05, 4.69) is 32.6 Å². The average molecular weight is 198 g/mol. The molecule has 1 rings (SSSR count). The summed E-state index contributed by atoms with van der Waals surface area (Å²) in [4.78, 5) is 2.60. The molecule has 0 amide bonds. The molecule has 0 radical (unpaired) electrons. The van der Waals surface area contributed by atoms with Crippen molar-refractivity contribution in [3.63, 3.8) is 0 Å². The zero-order chi connectivity index (χ0) is 10.7. The van der Waals surface area contributed by atoms with Gasteiger partial charge in [0.05, 0.1) is 0 Å². The van der Waals surface area contributed by atoms with Crippen LogP contribution < -0.4 is 5.73 Å². The van der Waals surface area contributed by atoms with Gasteiger partial charge >= 0.3 is 0 Å². The van der Waals surface area contributed by atoms with E-state index in [1.807, 2.05) is 0 Å². The van der Waals surface area contributed by atoms with Gasteiger partial charge in [-0.3, -0.25) is 4.90 Å². The van der Waals surface area contributed by atoms with Gasteiger partial charge in [-0.05, 0) is 39.5 Å². The van der Waals surface area contributed by atoms with E-state index in [4.69, 9.17) is 5.73 Å². The fraction of sp³-hybridized carbons (Fsp3) is 1.00. The Hall–Kier alpha value is -0.0800. The normalized spacial score (nSPS) is 34.1. The lowest BCUT2D eigenvalue weighted by molar-refractivity contribution is 0.0685. The van der Waals surface area contributed by atoms with Crippen molar-refractivity contribution in [3.05, 3.63) is 0 Å². The minimum atomic E-state index is 0.285. The maximum Gasteiger partial charge on any atom is 0.0219 e. The number of hydrogen-bond acceptors (Lipinski definition) is 2. The third-order valence-electron chi connectivity index (χ3n) is 3.89.